The van der Waals surface area contributed by atoms with E-state index >= 15 is 0 Å². The summed E-state index contributed by atoms with van der Waals surface area (Å²) in [4.78, 5) is 2.67. The molecule has 0 radical (unpaired) electrons. The quantitative estimate of drug-likeness (QED) is 0.696. The summed E-state index contributed by atoms with van der Waals surface area (Å²) in [5, 5.41) is 0. The summed E-state index contributed by atoms with van der Waals surface area (Å²) >= 11 is 0. The van der Waals surface area contributed by atoms with Gasteiger partial charge in [-0.25, -0.2) is 0 Å². The largest absolute Gasteiger partial charge is 0.291 e. The highest BCUT2D eigenvalue weighted by Crippen LogP contribution is 2.44. The Hall–Kier alpha value is -0.820. The highest BCUT2D eigenvalue weighted by molar-refractivity contribution is 5.21. The molecule has 100 valence electrons. The van der Waals surface area contributed by atoms with Gasteiger partial charge in [-0.3, -0.25) is 4.90 Å². The molecule has 1 aromatic rings. The zero-order valence-corrected chi connectivity index (χ0v) is 12.5. The van der Waals surface area contributed by atoms with Crippen molar-refractivity contribution in [1.29, 1.82) is 0 Å². The molecular formula is C17H27N. The first-order valence-corrected chi connectivity index (χ1v) is 7.11. The minimum absolute atomic E-state index is 0.247. The summed E-state index contributed by atoms with van der Waals surface area (Å²) in [5.41, 5.74) is 2.18. The number of hydrogen-bond acceptors (Lipinski definition) is 1. The predicted octanol–water partition coefficient (Wildman–Crippen LogP) is 4.65. The third-order valence-corrected chi connectivity index (χ3v) is 4.20. The van der Waals surface area contributed by atoms with Gasteiger partial charge in [0, 0.05) is 11.6 Å². The Balaban J connectivity index is 2.31. The third kappa shape index (κ3) is 2.95. The van der Waals surface area contributed by atoms with E-state index < -0.39 is 0 Å². The highest BCUT2D eigenvalue weighted by Gasteiger charge is 2.38. The fraction of sp³-hybridized carbons (Fsp3) is 0.647. The van der Waals surface area contributed by atoms with Crippen molar-refractivity contribution in [2.75, 3.05) is 6.54 Å². The molecule has 2 rings (SSSR count). The number of benzene rings is 1. The summed E-state index contributed by atoms with van der Waals surface area (Å²) in [7, 11) is 0. The van der Waals surface area contributed by atoms with E-state index in [0.717, 1.165) is 0 Å². The van der Waals surface area contributed by atoms with Crippen LogP contribution in [0.15, 0.2) is 30.3 Å². The maximum Gasteiger partial charge on any atom is 0.0358 e. The lowest BCUT2D eigenvalue weighted by Crippen LogP contribution is -2.49. The monoisotopic (exact) mass is 245 g/mol. The van der Waals surface area contributed by atoms with Gasteiger partial charge in [-0.1, -0.05) is 44.2 Å². The molecule has 0 spiro atoms. The van der Waals surface area contributed by atoms with Crippen LogP contribution in [0.2, 0.25) is 0 Å². The van der Waals surface area contributed by atoms with Gasteiger partial charge in [0.15, 0.2) is 0 Å². The van der Waals surface area contributed by atoms with E-state index in [1.165, 1.54) is 24.9 Å². The van der Waals surface area contributed by atoms with Gasteiger partial charge in [0.2, 0.25) is 0 Å². The fourth-order valence-corrected chi connectivity index (χ4v) is 3.09. The summed E-state index contributed by atoms with van der Waals surface area (Å²) in [6.07, 6.45) is 2.56. The molecule has 1 aliphatic rings. The first kappa shape index (κ1) is 13.6. The minimum Gasteiger partial charge on any atom is -0.291 e. The van der Waals surface area contributed by atoms with Gasteiger partial charge in [0.25, 0.3) is 0 Å². The number of piperidine rings is 1. The van der Waals surface area contributed by atoms with E-state index in [-0.39, 0.29) is 5.54 Å². The maximum atomic E-state index is 2.67. The number of likely N-dealkylation sites (tertiary alicyclic amines) is 1. The summed E-state index contributed by atoms with van der Waals surface area (Å²) in [6.45, 7) is 13.0. The zero-order chi connectivity index (χ0) is 13.4. The van der Waals surface area contributed by atoms with E-state index in [9.17, 15) is 0 Å². The molecule has 18 heavy (non-hydrogen) atoms. The molecule has 1 nitrogen and oxygen atoms in total. The maximum absolute atomic E-state index is 2.67. The number of rotatable bonds is 1. The molecule has 0 aromatic heterocycles. The molecule has 0 aliphatic carbocycles. The predicted molar refractivity (Wildman–Crippen MR) is 78.7 cm³/mol. The van der Waals surface area contributed by atoms with E-state index in [1.807, 2.05) is 0 Å². The van der Waals surface area contributed by atoms with Crippen molar-refractivity contribution in [3.05, 3.63) is 35.9 Å². The van der Waals surface area contributed by atoms with Crippen molar-refractivity contribution < 1.29 is 0 Å². The Morgan fingerprint density at radius 1 is 1.11 bits per heavy atom. The average Bonchev–Trinajstić information content (AvgIpc) is 2.27. The van der Waals surface area contributed by atoms with Crippen molar-refractivity contribution in [2.24, 2.45) is 5.41 Å². The van der Waals surface area contributed by atoms with Gasteiger partial charge in [0.05, 0.1) is 0 Å². The Labute approximate surface area is 112 Å². The van der Waals surface area contributed by atoms with Crippen molar-refractivity contribution in [3.63, 3.8) is 0 Å². The Kier molecular flexibility index (Phi) is 3.55. The molecule has 1 atom stereocenters. The van der Waals surface area contributed by atoms with Gasteiger partial charge in [0.1, 0.15) is 0 Å². The van der Waals surface area contributed by atoms with Crippen molar-refractivity contribution in [2.45, 2.75) is 59.0 Å². The van der Waals surface area contributed by atoms with E-state index in [4.69, 9.17) is 0 Å². The summed E-state index contributed by atoms with van der Waals surface area (Å²) < 4.78 is 0. The van der Waals surface area contributed by atoms with E-state index in [1.54, 1.807) is 0 Å². The van der Waals surface area contributed by atoms with Gasteiger partial charge in [-0.2, -0.15) is 0 Å². The number of hydrogen-bond donors (Lipinski definition) is 0. The van der Waals surface area contributed by atoms with E-state index in [2.05, 4.69) is 69.9 Å². The SMILES string of the molecule is CC1(C)CCN(C(C)(C)C)[C@H](c2ccccc2)C1. The topological polar surface area (TPSA) is 3.24 Å². The van der Waals surface area contributed by atoms with Crippen LogP contribution in [0.3, 0.4) is 0 Å². The number of nitrogens with zero attached hydrogens (tertiary/aromatic N) is 1. The molecule has 1 aromatic carbocycles. The fourth-order valence-electron chi connectivity index (χ4n) is 3.09. The van der Waals surface area contributed by atoms with Gasteiger partial charge in [-0.15, -0.1) is 0 Å². The van der Waals surface area contributed by atoms with Gasteiger partial charge >= 0.3 is 0 Å². The van der Waals surface area contributed by atoms with Crippen LogP contribution < -0.4 is 0 Å². The lowest BCUT2D eigenvalue weighted by Gasteiger charge is -2.49. The normalized spacial score (nSPS) is 25.1. The lowest BCUT2D eigenvalue weighted by atomic mass is 9.75. The Morgan fingerprint density at radius 2 is 1.72 bits per heavy atom. The molecule has 0 unspecified atom stereocenters. The summed E-state index contributed by atoms with van der Waals surface area (Å²) in [5.74, 6) is 0. The summed E-state index contributed by atoms with van der Waals surface area (Å²) in [6, 6.07) is 11.6. The smallest absolute Gasteiger partial charge is 0.0358 e. The third-order valence-electron chi connectivity index (χ3n) is 4.20. The van der Waals surface area contributed by atoms with Crippen LogP contribution in [-0.2, 0) is 0 Å². The van der Waals surface area contributed by atoms with Crippen LogP contribution >= 0.6 is 0 Å². The molecule has 1 heterocycles. The minimum atomic E-state index is 0.247. The molecule has 0 saturated carbocycles. The average molecular weight is 245 g/mol. The highest BCUT2D eigenvalue weighted by atomic mass is 15.2. The molecule has 0 amide bonds. The van der Waals surface area contributed by atoms with Crippen molar-refractivity contribution in [1.82, 2.24) is 4.90 Å². The molecule has 1 fully saturated rings. The van der Waals surface area contributed by atoms with Gasteiger partial charge in [-0.05, 0) is 51.1 Å². The van der Waals surface area contributed by atoms with Crippen LogP contribution in [0.1, 0.15) is 59.1 Å². The van der Waals surface area contributed by atoms with Gasteiger partial charge < -0.3 is 0 Å². The first-order chi connectivity index (χ1) is 8.30. The zero-order valence-electron chi connectivity index (χ0n) is 12.5. The molecule has 0 bridgehead atoms. The van der Waals surface area contributed by atoms with Crippen LogP contribution in [0.5, 0.6) is 0 Å². The second-order valence-electron chi connectivity index (χ2n) is 7.41. The van der Waals surface area contributed by atoms with Crippen LogP contribution in [-0.4, -0.2) is 17.0 Å². The second-order valence-corrected chi connectivity index (χ2v) is 7.41. The first-order valence-electron chi connectivity index (χ1n) is 7.11. The molecule has 1 aliphatic heterocycles. The van der Waals surface area contributed by atoms with Crippen LogP contribution in [0, 0.1) is 5.41 Å². The van der Waals surface area contributed by atoms with Crippen molar-refractivity contribution in [3.8, 4) is 0 Å². The van der Waals surface area contributed by atoms with Crippen LogP contribution in [0.4, 0.5) is 0 Å². The molecule has 1 heteroatoms. The van der Waals surface area contributed by atoms with E-state index in [0.29, 0.717) is 11.5 Å². The second kappa shape index (κ2) is 4.70. The molecular weight excluding hydrogens is 218 g/mol. The van der Waals surface area contributed by atoms with Crippen molar-refractivity contribution >= 4 is 0 Å². The molecule has 1 saturated heterocycles. The lowest BCUT2D eigenvalue weighted by molar-refractivity contribution is 0.00346. The standard InChI is InChI=1S/C17H27N/c1-16(2,3)18-12-11-17(4,5)13-15(18)14-9-7-6-8-10-14/h6-10,15H,11-13H2,1-5H3/t15-/m0/s1. The van der Waals surface area contributed by atoms with Crippen LogP contribution in [0.25, 0.3) is 0 Å². The Morgan fingerprint density at radius 3 is 2.28 bits per heavy atom. The Bertz CT molecular complexity index is 386. The molecule has 0 N–H and O–H groups in total.